The van der Waals surface area contributed by atoms with Crippen LogP contribution in [0.4, 0.5) is 0 Å². The molecule has 0 bridgehead atoms. The van der Waals surface area contributed by atoms with Gasteiger partial charge in [-0.2, -0.15) is 0 Å². The van der Waals surface area contributed by atoms with Crippen LogP contribution in [0.3, 0.4) is 0 Å². The molecule has 7 heteroatoms. The fraction of sp³-hybridized carbons (Fsp3) is 0.368. The minimum Gasteiger partial charge on any atom is -0.485 e. The normalized spacial score (nSPS) is 17.2. The van der Waals surface area contributed by atoms with Crippen molar-refractivity contribution >= 4 is 11.9 Å². The predicted octanol–water partition coefficient (Wildman–Crippen LogP) is 2.40. The summed E-state index contributed by atoms with van der Waals surface area (Å²) >= 11 is 0. The number of carboxylic acids is 1. The monoisotopic (exact) mass is 359 g/mol. The SMILES string of the molecule is Cc1ccc(OCc2ccc(C(=O)N3CCO[C@@H](C(=O)O)C3)o2)c(C)c1. The molecule has 2 heterocycles. The van der Waals surface area contributed by atoms with E-state index in [4.69, 9.17) is 19.0 Å². The molecule has 138 valence electrons. The van der Waals surface area contributed by atoms with E-state index in [9.17, 15) is 9.59 Å². The third kappa shape index (κ3) is 4.05. The van der Waals surface area contributed by atoms with Gasteiger partial charge in [0, 0.05) is 6.54 Å². The lowest BCUT2D eigenvalue weighted by atomic mass is 10.1. The van der Waals surface area contributed by atoms with E-state index in [1.54, 1.807) is 12.1 Å². The van der Waals surface area contributed by atoms with Gasteiger partial charge in [0.15, 0.2) is 11.9 Å². The quantitative estimate of drug-likeness (QED) is 0.882. The molecule has 26 heavy (non-hydrogen) atoms. The Balaban J connectivity index is 1.62. The first-order valence-electron chi connectivity index (χ1n) is 8.36. The van der Waals surface area contributed by atoms with Crippen LogP contribution in [-0.4, -0.2) is 47.7 Å². The molecule has 0 saturated carbocycles. The summed E-state index contributed by atoms with van der Waals surface area (Å²) in [5.41, 5.74) is 2.19. The molecule has 7 nitrogen and oxygen atoms in total. The number of morpholine rings is 1. The first-order chi connectivity index (χ1) is 12.4. The van der Waals surface area contributed by atoms with Crippen LogP contribution in [0, 0.1) is 13.8 Å². The highest BCUT2D eigenvalue weighted by Gasteiger charge is 2.30. The molecular formula is C19H21NO6. The standard InChI is InChI=1S/C19H21NO6/c1-12-3-5-15(13(2)9-12)25-11-14-4-6-16(26-14)18(21)20-7-8-24-17(10-20)19(22)23/h3-6,9,17H,7-8,10-11H2,1-2H3,(H,22,23)/t17-/m1/s1. The highest BCUT2D eigenvalue weighted by atomic mass is 16.5. The molecule has 1 N–H and O–H groups in total. The van der Waals surface area contributed by atoms with Crippen LogP contribution in [0.1, 0.15) is 27.4 Å². The van der Waals surface area contributed by atoms with Crippen LogP contribution in [0.25, 0.3) is 0 Å². The smallest absolute Gasteiger partial charge is 0.334 e. The number of carboxylic acid groups (broad SMARTS) is 1. The van der Waals surface area contributed by atoms with Crippen molar-refractivity contribution in [1.82, 2.24) is 4.90 Å². The van der Waals surface area contributed by atoms with Crippen LogP contribution in [0.2, 0.25) is 0 Å². The van der Waals surface area contributed by atoms with Crippen molar-refractivity contribution < 1.29 is 28.6 Å². The van der Waals surface area contributed by atoms with Gasteiger partial charge in [-0.25, -0.2) is 4.79 Å². The Hall–Kier alpha value is -2.80. The maximum Gasteiger partial charge on any atom is 0.334 e. The van der Waals surface area contributed by atoms with Gasteiger partial charge in [0.2, 0.25) is 0 Å². The van der Waals surface area contributed by atoms with E-state index in [0.717, 1.165) is 16.9 Å². The summed E-state index contributed by atoms with van der Waals surface area (Å²) in [4.78, 5) is 24.9. The molecule has 1 saturated heterocycles. The first kappa shape index (κ1) is 18.0. The number of nitrogens with zero attached hydrogens (tertiary/aromatic N) is 1. The molecule has 1 aliphatic rings. The van der Waals surface area contributed by atoms with Gasteiger partial charge in [0.25, 0.3) is 5.91 Å². The van der Waals surface area contributed by atoms with Crippen molar-refractivity contribution in [2.24, 2.45) is 0 Å². The summed E-state index contributed by atoms with van der Waals surface area (Å²) in [6.45, 7) is 4.71. The Bertz CT molecular complexity index is 812. The van der Waals surface area contributed by atoms with Crippen LogP contribution in [0.5, 0.6) is 5.75 Å². The first-order valence-corrected chi connectivity index (χ1v) is 8.36. The molecule has 1 aliphatic heterocycles. The Labute approximate surface area is 151 Å². The van der Waals surface area contributed by atoms with Crippen molar-refractivity contribution in [2.75, 3.05) is 19.7 Å². The summed E-state index contributed by atoms with van der Waals surface area (Å²) in [5.74, 6) is 0.0193. The topological polar surface area (TPSA) is 89.2 Å². The molecule has 2 aromatic rings. The van der Waals surface area contributed by atoms with Gasteiger partial charge in [-0.3, -0.25) is 4.79 Å². The minimum absolute atomic E-state index is 0.00324. The fourth-order valence-corrected chi connectivity index (χ4v) is 2.82. The number of furan rings is 1. The van der Waals surface area contributed by atoms with Gasteiger partial charge in [0.05, 0.1) is 13.2 Å². The molecule has 1 aromatic carbocycles. The van der Waals surface area contributed by atoms with E-state index in [1.807, 2.05) is 32.0 Å². The molecule has 3 rings (SSSR count). The Morgan fingerprint density at radius 3 is 2.81 bits per heavy atom. The summed E-state index contributed by atoms with van der Waals surface area (Å²) in [7, 11) is 0. The number of rotatable bonds is 5. The number of benzene rings is 1. The zero-order chi connectivity index (χ0) is 18.7. The lowest BCUT2D eigenvalue weighted by Crippen LogP contribution is -2.48. The van der Waals surface area contributed by atoms with Crippen molar-refractivity contribution in [3.8, 4) is 5.75 Å². The minimum atomic E-state index is -1.08. The van der Waals surface area contributed by atoms with E-state index in [-0.39, 0.29) is 31.4 Å². The average molecular weight is 359 g/mol. The van der Waals surface area contributed by atoms with Gasteiger partial charge >= 0.3 is 5.97 Å². The molecular weight excluding hydrogens is 338 g/mol. The van der Waals surface area contributed by atoms with Gasteiger partial charge < -0.3 is 23.9 Å². The third-order valence-electron chi connectivity index (χ3n) is 4.20. The number of hydrogen-bond acceptors (Lipinski definition) is 5. The number of hydrogen-bond donors (Lipinski definition) is 1. The zero-order valence-corrected chi connectivity index (χ0v) is 14.7. The van der Waals surface area contributed by atoms with E-state index >= 15 is 0 Å². The maximum atomic E-state index is 12.5. The molecule has 0 unspecified atom stereocenters. The van der Waals surface area contributed by atoms with Gasteiger partial charge in [-0.05, 0) is 37.6 Å². The van der Waals surface area contributed by atoms with Gasteiger partial charge in [-0.1, -0.05) is 17.7 Å². The van der Waals surface area contributed by atoms with Crippen LogP contribution < -0.4 is 4.74 Å². The summed E-state index contributed by atoms with van der Waals surface area (Å²) < 4.78 is 16.4. The molecule has 1 amide bonds. The maximum absolute atomic E-state index is 12.5. The number of ether oxygens (including phenoxy) is 2. The van der Waals surface area contributed by atoms with E-state index < -0.39 is 12.1 Å². The molecule has 0 radical (unpaired) electrons. The van der Waals surface area contributed by atoms with E-state index in [2.05, 4.69) is 0 Å². The van der Waals surface area contributed by atoms with E-state index in [1.165, 1.54) is 4.90 Å². The van der Waals surface area contributed by atoms with E-state index in [0.29, 0.717) is 12.3 Å². The summed E-state index contributed by atoms with van der Waals surface area (Å²) in [6, 6.07) is 9.17. The summed E-state index contributed by atoms with van der Waals surface area (Å²) in [6.07, 6.45) is -1.00. The molecule has 0 aliphatic carbocycles. The number of amides is 1. The fourth-order valence-electron chi connectivity index (χ4n) is 2.82. The number of carbonyl (C=O) groups is 2. The van der Waals surface area contributed by atoms with Crippen molar-refractivity contribution in [3.05, 3.63) is 53.0 Å². The largest absolute Gasteiger partial charge is 0.485 e. The van der Waals surface area contributed by atoms with Crippen molar-refractivity contribution in [1.29, 1.82) is 0 Å². The number of aliphatic carboxylic acids is 1. The number of carbonyl (C=O) groups excluding carboxylic acids is 1. The average Bonchev–Trinajstić information content (AvgIpc) is 3.09. The third-order valence-corrected chi connectivity index (χ3v) is 4.20. The summed E-state index contributed by atoms with van der Waals surface area (Å²) in [5, 5.41) is 9.03. The van der Waals surface area contributed by atoms with Crippen molar-refractivity contribution in [2.45, 2.75) is 26.6 Å². The zero-order valence-electron chi connectivity index (χ0n) is 14.7. The van der Waals surface area contributed by atoms with Gasteiger partial charge in [-0.15, -0.1) is 0 Å². The van der Waals surface area contributed by atoms with Crippen LogP contribution >= 0.6 is 0 Å². The molecule has 1 fully saturated rings. The number of aryl methyl sites for hydroxylation is 2. The second kappa shape index (κ2) is 7.61. The Morgan fingerprint density at radius 1 is 1.27 bits per heavy atom. The lowest BCUT2D eigenvalue weighted by Gasteiger charge is -2.30. The van der Waals surface area contributed by atoms with Crippen LogP contribution in [0.15, 0.2) is 34.7 Å². The molecule has 1 atom stereocenters. The Morgan fingerprint density at radius 2 is 2.08 bits per heavy atom. The predicted molar refractivity (Wildman–Crippen MR) is 92.2 cm³/mol. The van der Waals surface area contributed by atoms with Crippen LogP contribution in [-0.2, 0) is 16.1 Å². The highest BCUT2D eigenvalue weighted by Crippen LogP contribution is 2.21. The second-order valence-corrected chi connectivity index (χ2v) is 6.27. The highest BCUT2D eigenvalue weighted by molar-refractivity contribution is 5.92. The molecule has 0 spiro atoms. The second-order valence-electron chi connectivity index (χ2n) is 6.27. The lowest BCUT2D eigenvalue weighted by molar-refractivity contribution is -0.154. The van der Waals surface area contributed by atoms with Gasteiger partial charge in [0.1, 0.15) is 18.1 Å². The Kier molecular flexibility index (Phi) is 5.27. The molecule has 1 aromatic heterocycles. The van der Waals surface area contributed by atoms with Crippen molar-refractivity contribution in [3.63, 3.8) is 0 Å².